The first-order chi connectivity index (χ1) is 15.5. The van der Waals surface area contributed by atoms with E-state index in [-0.39, 0.29) is 17.5 Å². The Bertz CT molecular complexity index is 1230. The van der Waals surface area contributed by atoms with E-state index >= 15 is 0 Å². The number of hydrogen-bond donors (Lipinski definition) is 0. The van der Waals surface area contributed by atoms with Crippen molar-refractivity contribution in [2.75, 3.05) is 19.6 Å². The van der Waals surface area contributed by atoms with Gasteiger partial charge in [-0.2, -0.15) is 4.31 Å². The first-order valence-electron chi connectivity index (χ1n) is 10.7. The zero-order chi connectivity index (χ0) is 22.3. The number of benzene rings is 1. The molecular weight excluding hydrogens is 467 g/mol. The Balaban J connectivity index is 1.51. The SMILES string of the molecule is O=C(c1ccc(F)c(S(=O)(=O)N2CCCCC2)c1)N1CCc2sccc2C1c1cccs1. The van der Waals surface area contributed by atoms with Crippen LogP contribution < -0.4 is 0 Å². The van der Waals surface area contributed by atoms with Gasteiger partial charge in [0, 0.05) is 35.0 Å². The summed E-state index contributed by atoms with van der Waals surface area (Å²) in [5, 5.41) is 4.03. The third kappa shape index (κ3) is 3.81. The highest BCUT2D eigenvalue weighted by Gasteiger charge is 2.35. The highest BCUT2D eigenvalue weighted by molar-refractivity contribution is 7.89. The maximum atomic E-state index is 14.7. The topological polar surface area (TPSA) is 57.7 Å². The molecule has 0 N–H and O–H groups in total. The average molecular weight is 491 g/mol. The van der Waals surface area contributed by atoms with Gasteiger partial charge in [-0.1, -0.05) is 12.5 Å². The predicted molar refractivity (Wildman–Crippen MR) is 124 cm³/mol. The molecule has 1 atom stereocenters. The Morgan fingerprint density at radius 2 is 1.81 bits per heavy atom. The van der Waals surface area contributed by atoms with Gasteiger partial charge in [0.15, 0.2) is 0 Å². The summed E-state index contributed by atoms with van der Waals surface area (Å²) in [6, 6.07) is 9.52. The minimum absolute atomic E-state index is 0.197. The van der Waals surface area contributed by atoms with E-state index in [9.17, 15) is 17.6 Å². The van der Waals surface area contributed by atoms with Crippen molar-refractivity contribution in [3.8, 4) is 0 Å². The van der Waals surface area contributed by atoms with Gasteiger partial charge in [-0.25, -0.2) is 12.8 Å². The molecule has 5 rings (SSSR count). The van der Waals surface area contributed by atoms with E-state index < -0.39 is 20.7 Å². The average Bonchev–Trinajstić information content (AvgIpc) is 3.51. The third-order valence-electron chi connectivity index (χ3n) is 6.15. The fourth-order valence-electron chi connectivity index (χ4n) is 4.53. The Labute approximate surface area is 195 Å². The molecular formula is C23H23FN2O3S3. The molecule has 4 heterocycles. The van der Waals surface area contributed by atoms with Crippen LogP contribution in [0.25, 0.3) is 0 Å². The number of carbonyl (C=O) groups excluding carboxylic acids is 1. The molecule has 0 saturated carbocycles. The lowest BCUT2D eigenvalue weighted by atomic mass is 9.97. The molecule has 3 aromatic rings. The second-order valence-electron chi connectivity index (χ2n) is 8.08. The highest BCUT2D eigenvalue weighted by Crippen LogP contribution is 2.40. The molecule has 2 aliphatic rings. The van der Waals surface area contributed by atoms with Gasteiger partial charge in [-0.3, -0.25) is 4.79 Å². The number of thiophene rings is 2. The van der Waals surface area contributed by atoms with Gasteiger partial charge in [0.1, 0.15) is 10.7 Å². The number of piperidine rings is 1. The summed E-state index contributed by atoms with van der Waals surface area (Å²) in [6.45, 7) is 1.29. The first kappa shape index (κ1) is 21.8. The number of halogens is 1. The number of sulfonamides is 1. The molecule has 0 aliphatic carbocycles. The maximum Gasteiger partial charge on any atom is 0.254 e. The van der Waals surface area contributed by atoms with E-state index in [1.165, 1.54) is 21.3 Å². The molecule has 0 spiro atoms. The predicted octanol–water partition coefficient (Wildman–Crippen LogP) is 4.91. The summed E-state index contributed by atoms with van der Waals surface area (Å²) in [5.41, 5.74) is 1.31. The number of rotatable bonds is 4. The second-order valence-corrected chi connectivity index (χ2v) is 12.0. The summed E-state index contributed by atoms with van der Waals surface area (Å²) in [4.78, 5) is 17.3. The molecule has 2 aromatic heterocycles. The first-order valence-corrected chi connectivity index (χ1v) is 13.9. The molecule has 5 nitrogen and oxygen atoms in total. The number of hydrogen-bond acceptors (Lipinski definition) is 5. The second kappa shape index (κ2) is 8.70. The summed E-state index contributed by atoms with van der Waals surface area (Å²) < 4.78 is 42.2. The van der Waals surface area contributed by atoms with Gasteiger partial charge in [0.05, 0.1) is 6.04 Å². The smallest absolute Gasteiger partial charge is 0.254 e. The van der Waals surface area contributed by atoms with E-state index in [0.29, 0.717) is 19.6 Å². The molecule has 1 amide bonds. The monoisotopic (exact) mass is 490 g/mol. The number of amides is 1. The van der Waals surface area contributed by atoms with Crippen molar-refractivity contribution >= 4 is 38.6 Å². The molecule has 168 valence electrons. The van der Waals surface area contributed by atoms with Crippen LogP contribution in [0, 0.1) is 5.82 Å². The van der Waals surface area contributed by atoms with E-state index in [1.54, 1.807) is 27.6 Å². The highest BCUT2D eigenvalue weighted by atomic mass is 32.2. The Morgan fingerprint density at radius 3 is 2.56 bits per heavy atom. The summed E-state index contributed by atoms with van der Waals surface area (Å²) >= 11 is 3.28. The molecule has 32 heavy (non-hydrogen) atoms. The van der Waals surface area contributed by atoms with Crippen LogP contribution in [0.5, 0.6) is 0 Å². The Kier molecular flexibility index (Phi) is 5.92. The normalized spacial score (nSPS) is 19.7. The van der Waals surface area contributed by atoms with Crippen LogP contribution >= 0.6 is 22.7 Å². The minimum atomic E-state index is -3.98. The van der Waals surface area contributed by atoms with Crippen molar-refractivity contribution in [2.24, 2.45) is 0 Å². The Hall–Kier alpha value is -2.07. The molecule has 1 saturated heterocycles. The van der Waals surface area contributed by atoms with Crippen molar-refractivity contribution in [2.45, 2.75) is 36.6 Å². The lowest BCUT2D eigenvalue weighted by Gasteiger charge is -2.35. The largest absolute Gasteiger partial charge is 0.326 e. The standard InChI is InChI=1S/C23H23FN2O3S3/c24-18-7-6-16(15-21(18)32(28,29)25-10-2-1-3-11-25)23(27)26-12-8-19-17(9-14-31-19)22(26)20-5-4-13-30-20/h4-7,9,13-15,22H,1-3,8,10-12H2. The third-order valence-corrected chi connectivity index (χ3v) is 9.99. The number of carbonyl (C=O) groups is 1. The summed E-state index contributed by atoms with van der Waals surface area (Å²) in [6.07, 6.45) is 3.24. The van der Waals surface area contributed by atoms with Crippen LogP contribution in [0.4, 0.5) is 4.39 Å². The summed E-state index contributed by atoms with van der Waals surface area (Å²) in [7, 11) is -3.98. The molecule has 1 unspecified atom stereocenters. The molecule has 9 heteroatoms. The van der Waals surface area contributed by atoms with Crippen molar-refractivity contribution in [1.82, 2.24) is 9.21 Å². The van der Waals surface area contributed by atoms with E-state index in [1.807, 2.05) is 22.9 Å². The molecule has 0 radical (unpaired) electrons. The minimum Gasteiger partial charge on any atom is -0.326 e. The molecule has 2 aliphatic heterocycles. The van der Waals surface area contributed by atoms with Crippen LogP contribution in [0.15, 0.2) is 52.1 Å². The van der Waals surface area contributed by atoms with Crippen molar-refractivity contribution in [3.63, 3.8) is 0 Å². The van der Waals surface area contributed by atoms with E-state index in [2.05, 4.69) is 6.07 Å². The van der Waals surface area contributed by atoms with Gasteiger partial charge >= 0.3 is 0 Å². The summed E-state index contributed by atoms with van der Waals surface area (Å²) in [5.74, 6) is -1.10. The Morgan fingerprint density at radius 1 is 1.00 bits per heavy atom. The van der Waals surface area contributed by atoms with Gasteiger partial charge in [0.2, 0.25) is 10.0 Å². The van der Waals surface area contributed by atoms with Gasteiger partial charge < -0.3 is 4.90 Å². The van der Waals surface area contributed by atoms with Crippen LogP contribution in [-0.2, 0) is 16.4 Å². The fraction of sp³-hybridized carbons (Fsp3) is 0.348. The maximum absolute atomic E-state index is 14.7. The zero-order valence-corrected chi connectivity index (χ0v) is 19.8. The van der Waals surface area contributed by atoms with Gasteiger partial charge in [0.25, 0.3) is 5.91 Å². The van der Waals surface area contributed by atoms with Crippen LogP contribution in [-0.4, -0.2) is 43.2 Å². The lowest BCUT2D eigenvalue weighted by Crippen LogP contribution is -2.40. The quantitative estimate of drug-likeness (QED) is 0.522. The zero-order valence-electron chi connectivity index (χ0n) is 17.4. The van der Waals surface area contributed by atoms with Crippen molar-refractivity contribution in [1.29, 1.82) is 0 Å². The van der Waals surface area contributed by atoms with Crippen molar-refractivity contribution in [3.05, 3.63) is 73.9 Å². The van der Waals surface area contributed by atoms with Gasteiger partial charge in [-0.05, 0) is 65.9 Å². The van der Waals surface area contributed by atoms with E-state index in [4.69, 9.17) is 0 Å². The van der Waals surface area contributed by atoms with Crippen LogP contribution in [0.3, 0.4) is 0 Å². The lowest BCUT2D eigenvalue weighted by molar-refractivity contribution is 0.0698. The number of fused-ring (bicyclic) bond motifs is 1. The van der Waals surface area contributed by atoms with Crippen LogP contribution in [0.1, 0.15) is 51.0 Å². The van der Waals surface area contributed by atoms with Crippen LogP contribution in [0.2, 0.25) is 0 Å². The van der Waals surface area contributed by atoms with E-state index in [0.717, 1.165) is 42.2 Å². The van der Waals surface area contributed by atoms with Gasteiger partial charge in [-0.15, -0.1) is 22.7 Å². The van der Waals surface area contributed by atoms with Crippen molar-refractivity contribution < 1.29 is 17.6 Å². The molecule has 1 fully saturated rings. The number of nitrogens with zero attached hydrogens (tertiary/aromatic N) is 2. The molecule has 0 bridgehead atoms. The fourth-order valence-corrected chi connectivity index (χ4v) is 7.90. The molecule has 1 aromatic carbocycles.